The highest BCUT2D eigenvalue weighted by atomic mass is 15.1. The molecule has 232 valence electrons. The molecule has 1 aliphatic carbocycles. The van der Waals surface area contributed by atoms with Crippen molar-refractivity contribution in [2.45, 2.75) is 0 Å². The number of benzene rings is 9. The summed E-state index contributed by atoms with van der Waals surface area (Å²) in [7, 11) is 0. The van der Waals surface area contributed by atoms with Crippen LogP contribution >= 0.6 is 0 Å². The average molecular weight is 635 g/mol. The molecule has 50 heavy (non-hydrogen) atoms. The van der Waals surface area contributed by atoms with Crippen molar-refractivity contribution in [2.24, 2.45) is 0 Å². The number of nitrogens with zero attached hydrogens (tertiary/aromatic N) is 2. The van der Waals surface area contributed by atoms with Crippen LogP contribution in [0.4, 0.5) is 17.1 Å². The lowest BCUT2D eigenvalue weighted by atomic mass is 9.78. The number of para-hydroxylation sites is 3. The minimum absolute atomic E-state index is 1.14. The molecule has 0 fully saturated rings. The minimum atomic E-state index is 1.14. The van der Waals surface area contributed by atoms with E-state index in [4.69, 9.17) is 0 Å². The maximum atomic E-state index is 2.40. The van der Waals surface area contributed by atoms with Crippen molar-refractivity contribution in [1.82, 2.24) is 4.57 Å². The molecule has 2 heteroatoms. The molecule has 1 aliphatic rings. The lowest BCUT2D eigenvalue weighted by Crippen LogP contribution is -2.10. The summed E-state index contributed by atoms with van der Waals surface area (Å²) in [5.74, 6) is 0. The minimum Gasteiger partial charge on any atom is -0.310 e. The molecular formula is C48H30N2. The van der Waals surface area contributed by atoms with Crippen LogP contribution in [0, 0.1) is 0 Å². The van der Waals surface area contributed by atoms with Gasteiger partial charge in [-0.15, -0.1) is 0 Å². The van der Waals surface area contributed by atoms with Gasteiger partial charge in [0, 0.05) is 33.2 Å². The number of rotatable bonds is 4. The van der Waals surface area contributed by atoms with Crippen LogP contribution in [0.25, 0.3) is 82.1 Å². The molecule has 2 nitrogen and oxygen atoms in total. The first-order chi connectivity index (χ1) is 24.8. The predicted molar refractivity (Wildman–Crippen MR) is 212 cm³/mol. The van der Waals surface area contributed by atoms with Gasteiger partial charge in [0.2, 0.25) is 0 Å². The van der Waals surface area contributed by atoms with Crippen LogP contribution in [0.15, 0.2) is 182 Å². The van der Waals surface area contributed by atoms with Crippen LogP contribution in [0.2, 0.25) is 0 Å². The molecule has 0 unspecified atom stereocenters. The number of hydrogen-bond acceptors (Lipinski definition) is 1. The Morgan fingerprint density at radius 3 is 1.56 bits per heavy atom. The Balaban J connectivity index is 1.02. The standard InChI is InChI=1S/C48H30N2/c1-2-13-36(14-3-1)49(46-20-10-12-31-11-4-5-15-39(31)46)37-23-21-32-27-42-44(29-34(32)25-37)43-28-33-22-24-38(26-35(33)30-45(42)43)50-47-18-8-6-16-40(47)41-17-7-9-19-48(41)50/h1-30H. The van der Waals surface area contributed by atoms with E-state index >= 15 is 0 Å². The summed E-state index contributed by atoms with van der Waals surface area (Å²) < 4.78 is 2.40. The molecule has 0 saturated carbocycles. The van der Waals surface area contributed by atoms with Crippen molar-refractivity contribution in [1.29, 1.82) is 0 Å². The second-order valence-electron chi connectivity index (χ2n) is 13.4. The Hall–Kier alpha value is -6.64. The third-order valence-electron chi connectivity index (χ3n) is 10.6. The summed E-state index contributed by atoms with van der Waals surface area (Å²) in [6, 6.07) is 66.7. The van der Waals surface area contributed by atoms with Gasteiger partial charge in [-0.05, 0) is 128 Å². The third kappa shape index (κ3) is 3.96. The van der Waals surface area contributed by atoms with Gasteiger partial charge in [-0.1, -0.05) is 103 Å². The van der Waals surface area contributed by atoms with Crippen molar-refractivity contribution in [3.63, 3.8) is 0 Å². The average Bonchev–Trinajstić information content (AvgIpc) is 3.51. The highest BCUT2D eigenvalue weighted by Crippen LogP contribution is 2.51. The lowest BCUT2D eigenvalue weighted by molar-refractivity contribution is 1.19. The molecule has 0 N–H and O–H groups in total. The molecule has 0 saturated heterocycles. The summed E-state index contributed by atoms with van der Waals surface area (Å²) in [4.78, 5) is 2.39. The Morgan fingerprint density at radius 2 is 0.860 bits per heavy atom. The zero-order valence-electron chi connectivity index (χ0n) is 27.2. The molecule has 0 radical (unpaired) electrons. The zero-order valence-corrected chi connectivity index (χ0v) is 27.2. The highest BCUT2D eigenvalue weighted by molar-refractivity contribution is 6.13. The fourth-order valence-electron chi connectivity index (χ4n) is 8.29. The van der Waals surface area contributed by atoms with E-state index in [0.717, 1.165) is 11.4 Å². The molecule has 1 heterocycles. The molecule has 0 amide bonds. The molecule has 10 aromatic rings. The van der Waals surface area contributed by atoms with Gasteiger partial charge in [0.1, 0.15) is 0 Å². The van der Waals surface area contributed by atoms with Gasteiger partial charge < -0.3 is 9.47 Å². The summed E-state index contributed by atoms with van der Waals surface area (Å²) in [5, 5.41) is 10.1. The SMILES string of the molecule is c1ccc(N(c2ccc3cc4c(cc3c2)-c2cc3ccc(-n5c6ccccc6c6ccccc65)cc3cc2-4)c2cccc3ccccc23)cc1. The largest absolute Gasteiger partial charge is 0.310 e. The van der Waals surface area contributed by atoms with Gasteiger partial charge in [-0.3, -0.25) is 0 Å². The molecule has 0 bridgehead atoms. The maximum Gasteiger partial charge on any atom is 0.0541 e. The first kappa shape index (κ1) is 27.3. The van der Waals surface area contributed by atoms with Crippen molar-refractivity contribution < 1.29 is 0 Å². The Labute approximate surface area is 289 Å². The Bertz CT molecular complexity index is 2930. The molecule has 9 aromatic carbocycles. The number of anilines is 3. The van der Waals surface area contributed by atoms with Crippen LogP contribution in [0.1, 0.15) is 0 Å². The van der Waals surface area contributed by atoms with Gasteiger partial charge in [-0.2, -0.15) is 0 Å². The Morgan fingerprint density at radius 1 is 0.320 bits per heavy atom. The lowest BCUT2D eigenvalue weighted by Gasteiger charge is -2.28. The van der Waals surface area contributed by atoms with Gasteiger partial charge in [0.25, 0.3) is 0 Å². The number of fused-ring (bicyclic) bond motifs is 10. The second kappa shape index (κ2) is 10.4. The van der Waals surface area contributed by atoms with Crippen LogP contribution in [0.3, 0.4) is 0 Å². The third-order valence-corrected chi connectivity index (χ3v) is 10.6. The van der Waals surface area contributed by atoms with Crippen molar-refractivity contribution in [3.8, 4) is 27.9 Å². The normalized spacial score (nSPS) is 12.0. The molecular weight excluding hydrogens is 605 g/mol. The topological polar surface area (TPSA) is 8.17 Å². The molecule has 0 aliphatic heterocycles. The van der Waals surface area contributed by atoms with Gasteiger partial charge in [0.05, 0.1) is 16.7 Å². The summed E-state index contributed by atoms with van der Waals surface area (Å²) in [6.07, 6.45) is 0. The van der Waals surface area contributed by atoms with Crippen molar-refractivity contribution in [2.75, 3.05) is 4.90 Å². The van der Waals surface area contributed by atoms with E-state index in [2.05, 4.69) is 191 Å². The fraction of sp³-hybridized carbons (Fsp3) is 0. The number of hydrogen-bond donors (Lipinski definition) is 0. The van der Waals surface area contributed by atoms with Crippen LogP contribution < -0.4 is 4.90 Å². The molecule has 1 aromatic heterocycles. The van der Waals surface area contributed by atoms with Gasteiger partial charge in [0.15, 0.2) is 0 Å². The quantitative estimate of drug-likeness (QED) is 0.187. The predicted octanol–water partition coefficient (Wildman–Crippen LogP) is 13.4. The zero-order chi connectivity index (χ0) is 32.8. The smallest absolute Gasteiger partial charge is 0.0541 e. The van der Waals surface area contributed by atoms with E-state index < -0.39 is 0 Å². The monoisotopic (exact) mass is 634 g/mol. The van der Waals surface area contributed by atoms with Crippen molar-refractivity contribution >= 4 is 71.2 Å². The van der Waals surface area contributed by atoms with Gasteiger partial charge >= 0.3 is 0 Å². The summed E-state index contributed by atoms with van der Waals surface area (Å²) in [5.41, 5.74) is 12.5. The Kier molecular flexibility index (Phi) is 5.70. The molecule has 0 atom stereocenters. The van der Waals surface area contributed by atoms with E-state index in [1.165, 1.54) is 87.8 Å². The van der Waals surface area contributed by atoms with Crippen LogP contribution in [0.5, 0.6) is 0 Å². The van der Waals surface area contributed by atoms with E-state index in [1.807, 2.05) is 0 Å². The van der Waals surface area contributed by atoms with Crippen LogP contribution in [-0.2, 0) is 0 Å². The molecule has 0 spiro atoms. The van der Waals surface area contributed by atoms with Crippen LogP contribution in [-0.4, -0.2) is 4.57 Å². The van der Waals surface area contributed by atoms with E-state index in [0.29, 0.717) is 0 Å². The molecule has 11 rings (SSSR count). The van der Waals surface area contributed by atoms with Gasteiger partial charge in [-0.25, -0.2) is 0 Å². The van der Waals surface area contributed by atoms with E-state index in [-0.39, 0.29) is 0 Å². The highest BCUT2D eigenvalue weighted by Gasteiger charge is 2.25. The first-order valence-electron chi connectivity index (χ1n) is 17.3. The summed E-state index contributed by atoms with van der Waals surface area (Å²) >= 11 is 0. The fourth-order valence-corrected chi connectivity index (χ4v) is 8.29. The van der Waals surface area contributed by atoms with E-state index in [1.54, 1.807) is 0 Å². The van der Waals surface area contributed by atoms with Crippen molar-refractivity contribution in [3.05, 3.63) is 182 Å². The first-order valence-corrected chi connectivity index (χ1v) is 17.3. The number of aromatic nitrogens is 1. The maximum absolute atomic E-state index is 2.40. The summed E-state index contributed by atoms with van der Waals surface area (Å²) in [6.45, 7) is 0. The second-order valence-corrected chi connectivity index (χ2v) is 13.4. The van der Waals surface area contributed by atoms with E-state index in [9.17, 15) is 0 Å².